The number of rotatable bonds is 9. The molecule has 2 aromatic rings. The number of nitriles is 1. The molecule has 2 heterocycles. The fraction of sp³-hybridized carbons (Fsp3) is 0.400. The Labute approximate surface area is 154 Å². The molecule has 6 nitrogen and oxygen atoms in total. The maximum absolute atomic E-state index is 9.18. The van der Waals surface area contributed by atoms with Gasteiger partial charge in [0.05, 0.1) is 17.9 Å². The number of hydrogen-bond donors (Lipinski definition) is 1. The van der Waals surface area contributed by atoms with Crippen LogP contribution in [-0.2, 0) is 12.8 Å². The Hall–Kier alpha value is -2.94. The van der Waals surface area contributed by atoms with Gasteiger partial charge >= 0.3 is 0 Å². The Morgan fingerprint density at radius 3 is 2.96 bits per heavy atom. The number of allylic oxidation sites excluding steroid dienone is 1. The van der Waals surface area contributed by atoms with Crippen molar-refractivity contribution < 1.29 is 4.74 Å². The summed E-state index contributed by atoms with van der Waals surface area (Å²) < 4.78 is 5.93. The molecule has 6 heteroatoms. The second kappa shape index (κ2) is 8.43. The molecule has 1 aliphatic carbocycles. The lowest BCUT2D eigenvalue weighted by Gasteiger charge is -2.15. The Bertz CT molecular complexity index is 823. The van der Waals surface area contributed by atoms with Crippen LogP contribution in [0.5, 0.6) is 5.88 Å². The summed E-state index contributed by atoms with van der Waals surface area (Å²) in [4.78, 5) is 13.0. The van der Waals surface area contributed by atoms with Crippen LogP contribution >= 0.6 is 0 Å². The minimum Gasteiger partial charge on any atom is -0.477 e. The second-order valence-corrected chi connectivity index (χ2v) is 6.53. The van der Waals surface area contributed by atoms with Crippen LogP contribution in [0.4, 0.5) is 5.82 Å². The SMILES string of the molecule is C=C(Cc1ncnc(OCC2CC2)c1CCC)Nc1ncccc1C#N. The van der Waals surface area contributed by atoms with Crippen molar-refractivity contribution in [1.29, 1.82) is 5.26 Å². The summed E-state index contributed by atoms with van der Waals surface area (Å²) in [7, 11) is 0. The average Bonchev–Trinajstić information content (AvgIpc) is 3.47. The molecule has 2 aromatic heterocycles. The van der Waals surface area contributed by atoms with Crippen molar-refractivity contribution >= 4 is 5.82 Å². The highest BCUT2D eigenvalue weighted by atomic mass is 16.5. The molecule has 0 amide bonds. The average molecular weight is 349 g/mol. The Morgan fingerprint density at radius 2 is 2.23 bits per heavy atom. The molecule has 0 aromatic carbocycles. The van der Waals surface area contributed by atoms with Crippen LogP contribution in [0.25, 0.3) is 0 Å². The largest absolute Gasteiger partial charge is 0.477 e. The zero-order valence-corrected chi connectivity index (χ0v) is 15.0. The highest BCUT2D eigenvalue weighted by Crippen LogP contribution is 2.30. The molecule has 0 bridgehead atoms. The summed E-state index contributed by atoms with van der Waals surface area (Å²) in [6, 6.07) is 5.58. The Balaban J connectivity index is 1.74. The molecule has 0 aliphatic heterocycles. The van der Waals surface area contributed by atoms with Crippen LogP contribution in [0.3, 0.4) is 0 Å². The van der Waals surface area contributed by atoms with Crippen LogP contribution in [0.15, 0.2) is 36.9 Å². The van der Waals surface area contributed by atoms with E-state index < -0.39 is 0 Å². The summed E-state index contributed by atoms with van der Waals surface area (Å²) >= 11 is 0. The van der Waals surface area contributed by atoms with E-state index in [1.165, 1.54) is 12.8 Å². The Kier molecular flexibility index (Phi) is 5.80. The van der Waals surface area contributed by atoms with E-state index >= 15 is 0 Å². The van der Waals surface area contributed by atoms with Gasteiger partial charge in [0.1, 0.15) is 18.2 Å². The summed E-state index contributed by atoms with van der Waals surface area (Å²) in [5.74, 6) is 1.87. The Morgan fingerprint density at radius 1 is 1.38 bits per heavy atom. The van der Waals surface area contributed by atoms with Crippen LogP contribution in [0, 0.1) is 17.2 Å². The number of aromatic nitrogens is 3. The number of pyridine rings is 1. The summed E-state index contributed by atoms with van der Waals surface area (Å²) in [6.07, 6.45) is 8.05. The molecule has 26 heavy (non-hydrogen) atoms. The smallest absolute Gasteiger partial charge is 0.219 e. The highest BCUT2D eigenvalue weighted by Gasteiger charge is 2.23. The third-order valence-electron chi connectivity index (χ3n) is 4.25. The van der Waals surface area contributed by atoms with Crippen LogP contribution < -0.4 is 10.1 Å². The molecule has 0 radical (unpaired) electrons. The van der Waals surface area contributed by atoms with Crippen molar-refractivity contribution in [2.24, 2.45) is 5.92 Å². The van der Waals surface area contributed by atoms with E-state index in [2.05, 4.69) is 39.8 Å². The topological polar surface area (TPSA) is 83.7 Å². The standard InChI is InChI=1S/C20H23N5O/c1-3-5-17-18(23-13-24-20(17)26-12-15-7-8-15)10-14(2)25-19-16(11-21)6-4-9-22-19/h4,6,9,13,15H,2-3,5,7-8,10,12H2,1H3,(H,22,25). The highest BCUT2D eigenvalue weighted by molar-refractivity contribution is 5.54. The van der Waals surface area contributed by atoms with Gasteiger partial charge in [0, 0.05) is 23.9 Å². The number of hydrogen-bond acceptors (Lipinski definition) is 6. The first kappa shape index (κ1) is 17.9. The third kappa shape index (κ3) is 4.57. The lowest BCUT2D eigenvalue weighted by atomic mass is 10.1. The minimum atomic E-state index is 0.485. The molecule has 3 rings (SSSR count). The minimum absolute atomic E-state index is 0.485. The van der Waals surface area contributed by atoms with Gasteiger partial charge in [-0.3, -0.25) is 0 Å². The van der Waals surface area contributed by atoms with Crippen molar-refractivity contribution in [3.8, 4) is 11.9 Å². The maximum Gasteiger partial charge on any atom is 0.219 e. The van der Waals surface area contributed by atoms with E-state index in [4.69, 9.17) is 4.74 Å². The van der Waals surface area contributed by atoms with Gasteiger partial charge in [-0.15, -0.1) is 0 Å². The van der Waals surface area contributed by atoms with E-state index in [9.17, 15) is 5.26 Å². The predicted molar refractivity (Wildman–Crippen MR) is 99.7 cm³/mol. The van der Waals surface area contributed by atoms with Gasteiger partial charge in [0.2, 0.25) is 5.88 Å². The van der Waals surface area contributed by atoms with E-state index in [0.29, 0.717) is 29.6 Å². The number of ether oxygens (including phenoxy) is 1. The van der Waals surface area contributed by atoms with Crippen molar-refractivity contribution in [3.63, 3.8) is 0 Å². The first-order chi connectivity index (χ1) is 12.7. The quantitative estimate of drug-likeness (QED) is 0.744. The van der Waals surface area contributed by atoms with Crippen LogP contribution in [-0.4, -0.2) is 21.6 Å². The van der Waals surface area contributed by atoms with E-state index in [0.717, 1.165) is 36.4 Å². The lowest BCUT2D eigenvalue weighted by molar-refractivity contribution is 0.284. The fourth-order valence-electron chi connectivity index (χ4n) is 2.70. The molecule has 0 unspecified atom stereocenters. The molecule has 134 valence electrons. The molecule has 1 N–H and O–H groups in total. The number of anilines is 1. The fourth-order valence-corrected chi connectivity index (χ4v) is 2.70. The molecule has 1 fully saturated rings. The molecule has 0 saturated heterocycles. The molecule has 1 saturated carbocycles. The first-order valence-electron chi connectivity index (χ1n) is 8.96. The monoisotopic (exact) mass is 349 g/mol. The molecular formula is C20H23N5O. The second-order valence-electron chi connectivity index (χ2n) is 6.53. The summed E-state index contributed by atoms with van der Waals surface area (Å²) in [6.45, 7) is 6.93. The predicted octanol–water partition coefficient (Wildman–Crippen LogP) is 3.65. The maximum atomic E-state index is 9.18. The third-order valence-corrected chi connectivity index (χ3v) is 4.25. The zero-order chi connectivity index (χ0) is 18.4. The van der Waals surface area contributed by atoms with Crippen LogP contribution in [0.2, 0.25) is 0 Å². The van der Waals surface area contributed by atoms with Gasteiger partial charge in [0.25, 0.3) is 0 Å². The van der Waals surface area contributed by atoms with Crippen molar-refractivity contribution in [2.45, 2.75) is 39.0 Å². The number of nitrogens with one attached hydrogen (secondary N) is 1. The lowest BCUT2D eigenvalue weighted by Crippen LogP contribution is -2.11. The van der Waals surface area contributed by atoms with Crippen LogP contribution in [0.1, 0.15) is 43.0 Å². The molecule has 1 aliphatic rings. The molecule has 0 atom stereocenters. The summed E-state index contributed by atoms with van der Waals surface area (Å²) in [5.41, 5.74) is 3.16. The van der Waals surface area contributed by atoms with Gasteiger partial charge in [-0.05, 0) is 37.3 Å². The molecular weight excluding hydrogens is 326 g/mol. The van der Waals surface area contributed by atoms with Crippen molar-refractivity contribution in [2.75, 3.05) is 11.9 Å². The number of nitrogens with zero attached hydrogens (tertiary/aromatic N) is 4. The van der Waals surface area contributed by atoms with Crippen molar-refractivity contribution in [1.82, 2.24) is 15.0 Å². The van der Waals surface area contributed by atoms with E-state index in [1.54, 1.807) is 24.7 Å². The van der Waals surface area contributed by atoms with Gasteiger partial charge in [-0.25, -0.2) is 15.0 Å². The van der Waals surface area contributed by atoms with E-state index in [1.807, 2.05) is 0 Å². The van der Waals surface area contributed by atoms with Gasteiger partial charge in [-0.2, -0.15) is 5.26 Å². The normalized spacial score (nSPS) is 13.1. The molecule has 0 spiro atoms. The first-order valence-corrected chi connectivity index (χ1v) is 8.96. The van der Waals surface area contributed by atoms with Gasteiger partial charge in [0.15, 0.2) is 0 Å². The van der Waals surface area contributed by atoms with Gasteiger partial charge < -0.3 is 10.1 Å². The van der Waals surface area contributed by atoms with Crippen molar-refractivity contribution in [3.05, 3.63) is 53.8 Å². The van der Waals surface area contributed by atoms with E-state index in [-0.39, 0.29) is 0 Å². The zero-order valence-electron chi connectivity index (χ0n) is 15.0. The summed E-state index contributed by atoms with van der Waals surface area (Å²) in [5, 5.41) is 12.3. The van der Waals surface area contributed by atoms with Gasteiger partial charge in [-0.1, -0.05) is 19.9 Å².